The first-order valence-corrected chi connectivity index (χ1v) is 16.3. The Kier molecular flexibility index (Phi) is 10.8. The number of nitrogens with zero attached hydrogens (tertiary/aromatic N) is 1. The fraction of sp³-hybridized carbons (Fsp3) is 0.568. The molecule has 1 saturated carbocycles. The molecule has 0 spiro atoms. The van der Waals surface area contributed by atoms with Crippen molar-refractivity contribution >= 4 is 29.4 Å². The van der Waals surface area contributed by atoms with E-state index in [0.29, 0.717) is 50.6 Å². The van der Waals surface area contributed by atoms with Gasteiger partial charge in [-0.3, -0.25) is 24.1 Å². The van der Waals surface area contributed by atoms with Crippen LogP contribution in [0.4, 0.5) is 5.69 Å². The van der Waals surface area contributed by atoms with E-state index in [4.69, 9.17) is 9.47 Å². The first kappa shape index (κ1) is 34.2. The fourth-order valence-corrected chi connectivity index (χ4v) is 6.55. The van der Waals surface area contributed by atoms with Gasteiger partial charge < -0.3 is 14.8 Å². The minimum absolute atomic E-state index is 0.199. The first-order chi connectivity index (χ1) is 21.2. The SMILES string of the molecule is CC(C)(C)OC(=O)CN1C(=O)C(NC(=O)C2(CC(CCc3ccccc3)C(=O)OC(C)(C)C)CCCC2)CCc2ccccc21. The number of hydrogen-bond acceptors (Lipinski definition) is 6. The van der Waals surface area contributed by atoms with Crippen molar-refractivity contribution < 1.29 is 28.7 Å². The molecule has 2 aliphatic rings. The smallest absolute Gasteiger partial charge is 0.326 e. The van der Waals surface area contributed by atoms with Gasteiger partial charge in [-0.2, -0.15) is 0 Å². The zero-order valence-corrected chi connectivity index (χ0v) is 27.8. The number of carbonyl (C=O) groups excluding carboxylic acids is 4. The van der Waals surface area contributed by atoms with Gasteiger partial charge in [0.25, 0.3) is 0 Å². The van der Waals surface area contributed by atoms with Crippen molar-refractivity contribution in [1.29, 1.82) is 0 Å². The molecule has 2 aromatic carbocycles. The number of para-hydroxylation sites is 1. The van der Waals surface area contributed by atoms with Gasteiger partial charge in [-0.25, -0.2) is 0 Å². The van der Waals surface area contributed by atoms with Gasteiger partial charge in [-0.1, -0.05) is 61.4 Å². The second-order valence-corrected chi connectivity index (χ2v) is 14.7. The maximum atomic E-state index is 14.3. The average molecular weight is 619 g/mol. The lowest BCUT2D eigenvalue weighted by atomic mass is 9.75. The van der Waals surface area contributed by atoms with Crippen LogP contribution in [0, 0.1) is 11.3 Å². The molecule has 1 N–H and O–H groups in total. The van der Waals surface area contributed by atoms with Gasteiger partial charge in [-0.05, 0) is 104 Å². The molecule has 0 aromatic heterocycles. The molecule has 2 amide bonds. The van der Waals surface area contributed by atoms with Gasteiger partial charge in [0.05, 0.1) is 11.3 Å². The number of nitrogens with one attached hydrogen (secondary N) is 1. The highest BCUT2D eigenvalue weighted by atomic mass is 16.6. The Morgan fingerprint density at radius 1 is 0.911 bits per heavy atom. The van der Waals surface area contributed by atoms with Crippen molar-refractivity contribution in [1.82, 2.24) is 5.32 Å². The summed E-state index contributed by atoms with van der Waals surface area (Å²) in [4.78, 5) is 56.2. The summed E-state index contributed by atoms with van der Waals surface area (Å²) in [7, 11) is 0. The van der Waals surface area contributed by atoms with Crippen molar-refractivity contribution in [2.45, 2.75) is 117 Å². The fourth-order valence-electron chi connectivity index (χ4n) is 6.55. The topological polar surface area (TPSA) is 102 Å². The van der Waals surface area contributed by atoms with Gasteiger partial charge in [0.1, 0.15) is 23.8 Å². The van der Waals surface area contributed by atoms with Crippen molar-refractivity contribution in [2.24, 2.45) is 11.3 Å². The molecule has 2 atom stereocenters. The van der Waals surface area contributed by atoms with Crippen LogP contribution in [0.2, 0.25) is 0 Å². The largest absolute Gasteiger partial charge is 0.460 e. The quantitative estimate of drug-likeness (QED) is 0.312. The molecular formula is C37H50N2O6. The predicted octanol–water partition coefficient (Wildman–Crippen LogP) is 6.33. The van der Waals surface area contributed by atoms with Crippen LogP contribution in [0.3, 0.4) is 0 Å². The van der Waals surface area contributed by atoms with Crippen molar-refractivity contribution in [3.63, 3.8) is 0 Å². The molecule has 1 fully saturated rings. The third-order valence-electron chi connectivity index (χ3n) is 8.61. The van der Waals surface area contributed by atoms with Crippen LogP contribution < -0.4 is 10.2 Å². The molecule has 0 saturated heterocycles. The van der Waals surface area contributed by atoms with E-state index in [1.54, 1.807) is 20.8 Å². The summed E-state index contributed by atoms with van der Waals surface area (Å²) in [5.41, 5.74) is 0.600. The molecule has 4 rings (SSSR count). The third-order valence-corrected chi connectivity index (χ3v) is 8.61. The normalized spacial score (nSPS) is 18.8. The van der Waals surface area contributed by atoms with E-state index in [9.17, 15) is 19.2 Å². The van der Waals surface area contributed by atoms with E-state index in [-0.39, 0.29) is 24.3 Å². The third kappa shape index (κ3) is 9.41. The standard InChI is InChI=1S/C37H50N2O6/c1-35(2,3)44-31(40)25-39-30-17-11-10-16-27(30)20-21-29(32(39)41)38-34(43)37(22-12-13-23-37)24-28(33(42)45-36(4,5)6)19-18-26-14-8-7-9-15-26/h7-11,14-17,28-29H,12-13,18-25H2,1-6H3,(H,38,43). The van der Waals surface area contributed by atoms with Crippen molar-refractivity contribution in [2.75, 3.05) is 11.4 Å². The number of amides is 2. The molecule has 244 valence electrons. The lowest BCUT2D eigenvalue weighted by molar-refractivity contribution is -0.162. The summed E-state index contributed by atoms with van der Waals surface area (Å²) < 4.78 is 11.4. The number of fused-ring (bicyclic) bond motifs is 1. The van der Waals surface area contributed by atoms with E-state index in [0.717, 1.165) is 24.0 Å². The van der Waals surface area contributed by atoms with Gasteiger partial charge >= 0.3 is 11.9 Å². The minimum Gasteiger partial charge on any atom is -0.460 e. The maximum Gasteiger partial charge on any atom is 0.326 e. The zero-order valence-electron chi connectivity index (χ0n) is 27.8. The lowest BCUT2D eigenvalue weighted by Crippen LogP contribution is -2.53. The zero-order chi connectivity index (χ0) is 32.8. The Bertz CT molecular complexity index is 1350. The number of ether oxygens (including phenoxy) is 2. The van der Waals surface area contributed by atoms with Crippen LogP contribution in [0.15, 0.2) is 54.6 Å². The van der Waals surface area contributed by atoms with Gasteiger partial charge in [0.2, 0.25) is 11.8 Å². The van der Waals surface area contributed by atoms with E-state index in [1.807, 2.05) is 75.4 Å². The molecule has 1 heterocycles. The molecule has 0 radical (unpaired) electrons. The number of esters is 2. The number of carbonyl (C=O) groups is 4. The summed E-state index contributed by atoms with van der Waals surface area (Å²) in [5.74, 6) is -1.80. The molecule has 8 heteroatoms. The Morgan fingerprint density at radius 3 is 2.18 bits per heavy atom. The highest BCUT2D eigenvalue weighted by Gasteiger charge is 2.46. The Labute approximate surface area is 268 Å². The van der Waals surface area contributed by atoms with Crippen LogP contribution in [-0.4, -0.2) is 47.5 Å². The molecule has 1 aliphatic heterocycles. The summed E-state index contributed by atoms with van der Waals surface area (Å²) in [6, 6.07) is 16.7. The molecule has 45 heavy (non-hydrogen) atoms. The summed E-state index contributed by atoms with van der Waals surface area (Å²) in [6.07, 6.45) is 5.65. The van der Waals surface area contributed by atoms with Crippen LogP contribution in [0.5, 0.6) is 0 Å². The van der Waals surface area contributed by atoms with Crippen LogP contribution >= 0.6 is 0 Å². The van der Waals surface area contributed by atoms with Crippen LogP contribution in [0.1, 0.15) is 97.6 Å². The van der Waals surface area contributed by atoms with Crippen molar-refractivity contribution in [3.8, 4) is 0 Å². The lowest BCUT2D eigenvalue weighted by Gasteiger charge is -2.34. The Morgan fingerprint density at radius 2 is 1.53 bits per heavy atom. The minimum atomic E-state index is -0.811. The molecule has 2 aromatic rings. The predicted molar refractivity (Wildman–Crippen MR) is 175 cm³/mol. The maximum absolute atomic E-state index is 14.3. The molecule has 8 nitrogen and oxygen atoms in total. The molecule has 0 bridgehead atoms. The number of aryl methyl sites for hydroxylation is 2. The molecule has 1 aliphatic carbocycles. The second kappa shape index (κ2) is 14.2. The van der Waals surface area contributed by atoms with E-state index >= 15 is 0 Å². The monoisotopic (exact) mass is 618 g/mol. The molecule has 2 unspecified atom stereocenters. The summed E-state index contributed by atoms with van der Waals surface area (Å²) in [5, 5.41) is 3.11. The van der Waals surface area contributed by atoms with Crippen LogP contribution in [-0.2, 0) is 41.5 Å². The van der Waals surface area contributed by atoms with E-state index in [2.05, 4.69) is 5.32 Å². The highest BCUT2D eigenvalue weighted by Crippen LogP contribution is 2.45. The summed E-state index contributed by atoms with van der Waals surface area (Å²) in [6.45, 7) is 10.7. The van der Waals surface area contributed by atoms with Gasteiger partial charge in [0, 0.05) is 5.69 Å². The van der Waals surface area contributed by atoms with Gasteiger partial charge in [-0.15, -0.1) is 0 Å². The van der Waals surface area contributed by atoms with Gasteiger partial charge in [0.15, 0.2) is 0 Å². The van der Waals surface area contributed by atoms with Crippen LogP contribution in [0.25, 0.3) is 0 Å². The summed E-state index contributed by atoms with van der Waals surface area (Å²) >= 11 is 0. The number of hydrogen-bond donors (Lipinski definition) is 1. The van der Waals surface area contributed by atoms with E-state index < -0.39 is 34.5 Å². The van der Waals surface area contributed by atoms with Crippen molar-refractivity contribution in [3.05, 3.63) is 65.7 Å². The number of rotatable bonds is 10. The number of benzene rings is 2. The number of anilines is 1. The average Bonchev–Trinajstić information content (AvgIpc) is 3.40. The Hall–Kier alpha value is -3.68. The Balaban J connectivity index is 1.56. The molecular weight excluding hydrogens is 568 g/mol. The highest BCUT2D eigenvalue weighted by molar-refractivity contribution is 6.03. The first-order valence-electron chi connectivity index (χ1n) is 16.3. The van der Waals surface area contributed by atoms with E-state index in [1.165, 1.54) is 4.90 Å². The second-order valence-electron chi connectivity index (χ2n) is 14.7.